The van der Waals surface area contributed by atoms with Crippen molar-refractivity contribution in [2.24, 2.45) is 0 Å². The number of rotatable bonds is 9. The first kappa shape index (κ1) is 20.8. The lowest BCUT2D eigenvalue weighted by molar-refractivity contribution is -0.136. The molecule has 0 saturated carbocycles. The smallest absolute Gasteiger partial charge is 0.331 e. The van der Waals surface area contributed by atoms with Gasteiger partial charge in [0.15, 0.2) is 23.9 Å². The maximum Gasteiger partial charge on any atom is 0.331 e. The monoisotopic (exact) mass is 386 g/mol. The van der Waals surface area contributed by atoms with Gasteiger partial charge in [0.2, 0.25) is 0 Å². The second kappa shape index (κ2) is 10.0. The molecule has 0 bridgehead atoms. The fourth-order valence-electron chi connectivity index (χ4n) is 2.41. The molecule has 2 rings (SSSR count). The quantitative estimate of drug-likeness (QED) is 0.372. The molecule has 2 aromatic carbocycles. The molecule has 0 aliphatic heterocycles. The van der Waals surface area contributed by atoms with E-state index < -0.39 is 5.97 Å². The van der Waals surface area contributed by atoms with Crippen LogP contribution in [-0.2, 0) is 9.53 Å². The highest BCUT2D eigenvalue weighted by Crippen LogP contribution is 2.35. The molecular weight excluding hydrogens is 364 g/mol. The van der Waals surface area contributed by atoms with E-state index in [-0.39, 0.29) is 12.4 Å². The third kappa shape index (κ3) is 5.26. The zero-order valence-corrected chi connectivity index (χ0v) is 16.2. The van der Waals surface area contributed by atoms with Crippen molar-refractivity contribution in [3.63, 3.8) is 0 Å². The van der Waals surface area contributed by atoms with Crippen LogP contribution in [0, 0.1) is 0 Å². The van der Waals surface area contributed by atoms with E-state index in [1.54, 1.807) is 36.4 Å². The normalized spacial score (nSPS) is 10.4. The molecule has 0 unspecified atom stereocenters. The van der Waals surface area contributed by atoms with Crippen molar-refractivity contribution < 1.29 is 33.3 Å². The predicted molar refractivity (Wildman–Crippen MR) is 103 cm³/mol. The van der Waals surface area contributed by atoms with Crippen LogP contribution in [0.3, 0.4) is 0 Å². The number of carbonyl (C=O) groups excluding carboxylic acids is 2. The zero-order chi connectivity index (χ0) is 20.5. The van der Waals surface area contributed by atoms with E-state index in [1.807, 2.05) is 0 Å². The van der Waals surface area contributed by atoms with Gasteiger partial charge in [-0.2, -0.15) is 0 Å². The van der Waals surface area contributed by atoms with E-state index in [0.717, 1.165) is 0 Å². The number of ketones is 1. The molecular formula is C21H22O7. The lowest BCUT2D eigenvalue weighted by atomic mass is 10.1. The first-order valence-electron chi connectivity index (χ1n) is 8.34. The Kier molecular flexibility index (Phi) is 7.45. The van der Waals surface area contributed by atoms with Crippen LogP contribution in [0.15, 0.2) is 42.5 Å². The van der Waals surface area contributed by atoms with Gasteiger partial charge in [0.25, 0.3) is 0 Å². The molecule has 0 aliphatic rings. The van der Waals surface area contributed by atoms with Crippen molar-refractivity contribution in [3.8, 4) is 23.0 Å². The van der Waals surface area contributed by atoms with Gasteiger partial charge in [0.1, 0.15) is 11.5 Å². The van der Waals surface area contributed by atoms with Crippen LogP contribution in [0.5, 0.6) is 23.0 Å². The van der Waals surface area contributed by atoms with Gasteiger partial charge < -0.3 is 23.7 Å². The van der Waals surface area contributed by atoms with E-state index in [2.05, 4.69) is 0 Å². The largest absolute Gasteiger partial charge is 0.497 e. The van der Waals surface area contributed by atoms with Gasteiger partial charge >= 0.3 is 5.97 Å². The SMILES string of the molecule is COc1cccc(C(=O)COC(=O)/C=C/c2cc(OC)c(OC)cc2OC)c1. The lowest BCUT2D eigenvalue weighted by Crippen LogP contribution is -2.12. The third-order valence-electron chi connectivity index (χ3n) is 3.87. The fourth-order valence-corrected chi connectivity index (χ4v) is 2.41. The first-order chi connectivity index (χ1) is 13.5. The predicted octanol–water partition coefficient (Wildman–Crippen LogP) is 3.16. The molecule has 0 spiro atoms. The molecule has 7 nitrogen and oxygen atoms in total. The Balaban J connectivity index is 2.04. The summed E-state index contributed by atoms with van der Waals surface area (Å²) in [5, 5.41) is 0. The second-order valence-electron chi connectivity index (χ2n) is 5.55. The minimum absolute atomic E-state index is 0.329. The van der Waals surface area contributed by atoms with E-state index >= 15 is 0 Å². The topological polar surface area (TPSA) is 80.3 Å². The molecule has 0 atom stereocenters. The summed E-state index contributed by atoms with van der Waals surface area (Å²) in [7, 11) is 6.04. The maximum atomic E-state index is 12.1. The van der Waals surface area contributed by atoms with Crippen molar-refractivity contribution in [2.45, 2.75) is 0 Å². The number of Topliss-reactive ketones (excluding diaryl/α,β-unsaturated/α-hetero) is 1. The van der Waals surface area contributed by atoms with E-state index in [9.17, 15) is 9.59 Å². The second-order valence-corrected chi connectivity index (χ2v) is 5.55. The number of benzene rings is 2. The van der Waals surface area contributed by atoms with E-state index in [0.29, 0.717) is 34.1 Å². The Bertz CT molecular complexity index is 871. The summed E-state index contributed by atoms with van der Waals surface area (Å²) in [6.07, 6.45) is 2.72. The average Bonchev–Trinajstić information content (AvgIpc) is 2.75. The van der Waals surface area contributed by atoms with Crippen LogP contribution in [0.1, 0.15) is 15.9 Å². The molecule has 2 aromatic rings. The number of hydrogen-bond donors (Lipinski definition) is 0. The number of carbonyl (C=O) groups is 2. The highest BCUT2D eigenvalue weighted by Gasteiger charge is 2.12. The summed E-state index contributed by atoms with van der Waals surface area (Å²) in [5.41, 5.74) is 0.994. The molecule has 0 N–H and O–H groups in total. The Labute approximate surface area is 163 Å². The van der Waals surface area contributed by atoms with Crippen LogP contribution in [0.25, 0.3) is 6.08 Å². The molecule has 0 aromatic heterocycles. The molecule has 148 valence electrons. The van der Waals surface area contributed by atoms with Gasteiger partial charge in [-0.1, -0.05) is 12.1 Å². The van der Waals surface area contributed by atoms with Gasteiger partial charge in [0, 0.05) is 23.3 Å². The zero-order valence-electron chi connectivity index (χ0n) is 16.2. The van der Waals surface area contributed by atoms with E-state index in [1.165, 1.54) is 40.6 Å². The van der Waals surface area contributed by atoms with Crippen molar-refractivity contribution in [1.82, 2.24) is 0 Å². The maximum absolute atomic E-state index is 12.1. The standard InChI is InChI=1S/C21H22O7/c1-24-16-7-5-6-14(10-16)17(22)13-28-21(23)9-8-15-11-19(26-3)20(27-4)12-18(15)25-2/h5-12H,13H2,1-4H3/b9-8+. The van der Waals surface area contributed by atoms with Gasteiger partial charge in [-0.25, -0.2) is 4.79 Å². The van der Waals surface area contributed by atoms with E-state index in [4.69, 9.17) is 23.7 Å². The summed E-state index contributed by atoms with van der Waals surface area (Å²) in [6.45, 7) is -0.376. The minimum Gasteiger partial charge on any atom is -0.497 e. The summed E-state index contributed by atoms with van der Waals surface area (Å²) < 4.78 is 25.8. The summed E-state index contributed by atoms with van der Waals surface area (Å²) in [4.78, 5) is 24.1. The molecule has 0 fully saturated rings. The third-order valence-corrected chi connectivity index (χ3v) is 3.87. The van der Waals surface area contributed by atoms with Crippen molar-refractivity contribution >= 4 is 17.8 Å². The first-order valence-corrected chi connectivity index (χ1v) is 8.34. The number of methoxy groups -OCH3 is 4. The number of ether oxygens (including phenoxy) is 5. The summed E-state index contributed by atoms with van der Waals surface area (Å²) >= 11 is 0. The Morgan fingerprint density at radius 1 is 0.857 bits per heavy atom. The van der Waals surface area contributed by atoms with Crippen molar-refractivity contribution in [2.75, 3.05) is 35.0 Å². The average molecular weight is 386 g/mol. The van der Waals surface area contributed by atoms with Crippen LogP contribution in [-0.4, -0.2) is 46.8 Å². The van der Waals surface area contributed by atoms with Crippen molar-refractivity contribution in [3.05, 3.63) is 53.6 Å². The molecule has 28 heavy (non-hydrogen) atoms. The Hall–Kier alpha value is -3.48. The molecule has 0 radical (unpaired) electrons. The minimum atomic E-state index is -0.659. The lowest BCUT2D eigenvalue weighted by Gasteiger charge is -2.12. The van der Waals surface area contributed by atoms with Gasteiger partial charge in [-0.05, 0) is 24.3 Å². The van der Waals surface area contributed by atoms with Crippen LogP contribution in [0.2, 0.25) is 0 Å². The Morgan fingerprint density at radius 2 is 1.54 bits per heavy atom. The van der Waals surface area contributed by atoms with Crippen LogP contribution < -0.4 is 18.9 Å². The fraction of sp³-hybridized carbons (Fsp3) is 0.238. The van der Waals surface area contributed by atoms with Crippen LogP contribution >= 0.6 is 0 Å². The molecule has 0 aliphatic carbocycles. The van der Waals surface area contributed by atoms with Crippen molar-refractivity contribution in [1.29, 1.82) is 0 Å². The van der Waals surface area contributed by atoms with Gasteiger partial charge in [-0.15, -0.1) is 0 Å². The van der Waals surface area contributed by atoms with Gasteiger partial charge in [-0.3, -0.25) is 4.79 Å². The summed E-state index contributed by atoms with van der Waals surface area (Å²) in [5.74, 6) is 1.05. The highest BCUT2D eigenvalue weighted by molar-refractivity contribution is 5.99. The summed E-state index contributed by atoms with van der Waals surface area (Å²) in [6, 6.07) is 9.95. The van der Waals surface area contributed by atoms with Gasteiger partial charge in [0.05, 0.1) is 28.4 Å². The van der Waals surface area contributed by atoms with Crippen LogP contribution in [0.4, 0.5) is 0 Å². The molecule has 7 heteroatoms. The number of esters is 1. The highest BCUT2D eigenvalue weighted by atomic mass is 16.5. The molecule has 0 saturated heterocycles. The Morgan fingerprint density at radius 3 is 2.18 bits per heavy atom. The number of hydrogen-bond acceptors (Lipinski definition) is 7. The molecule has 0 heterocycles. The molecule has 0 amide bonds.